The van der Waals surface area contributed by atoms with Crippen molar-refractivity contribution in [1.29, 1.82) is 0 Å². The molecule has 17 heavy (non-hydrogen) atoms. The average Bonchev–Trinajstić information content (AvgIpc) is 2.69. The quantitative estimate of drug-likeness (QED) is 0.806. The number of fused-ring (bicyclic) bond motifs is 1. The van der Waals surface area contributed by atoms with Crippen LogP contribution >= 0.6 is 0 Å². The minimum absolute atomic E-state index is 0.809. The Balaban J connectivity index is 2.19. The molecule has 0 spiro atoms. The van der Waals surface area contributed by atoms with Crippen molar-refractivity contribution < 1.29 is 0 Å². The number of benzene rings is 1. The third kappa shape index (κ3) is 2.41. The summed E-state index contributed by atoms with van der Waals surface area (Å²) in [5, 5.41) is 0. The van der Waals surface area contributed by atoms with E-state index in [2.05, 4.69) is 37.8 Å². The van der Waals surface area contributed by atoms with E-state index in [9.17, 15) is 0 Å². The minimum Gasteiger partial charge on any atom is -0.398 e. The van der Waals surface area contributed by atoms with Crippen molar-refractivity contribution in [2.24, 2.45) is 5.92 Å². The Bertz CT molecular complexity index is 394. The van der Waals surface area contributed by atoms with Gasteiger partial charge in [0.05, 0.1) is 0 Å². The summed E-state index contributed by atoms with van der Waals surface area (Å²) in [6, 6.07) is 4.43. The fourth-order valence-corrected chi connectivity index (χ4v) is 2.69. The Morgan fingerprint density at radius 2 is 2.00 bits per heavy atom. The number of anilines is 2. The molecule has 1 aliphatic rings. The molecule has 0 atom stereocenters. The van der Waals surface area contributed by atoms with Gasteiger partial charge in [-0.3, -0.25) is 0 Å². The largest absolute Gasteiger partial charge is 0.398 e. The van der Waals surface area contributed by atoms with E-state index in [1.165, 1.54) is 42.6 Å². The molecule has 1 aromatic carbocycles. The lowest BCUT2D eigenvalue weighted by atomic mass is 10.0. The zero-order valence-corrected chi connectivity index (χ0v) is 11.3. The Morgan fingerprint density at radius 3 is 2.65 bits per heavy atom. The molecule has 0 saturated heterocycles. The van der Waals surface area contributed by atoms with E-state index in [-0.39, 0.29) is 0 Å². The first kappa shape index (κ1) is 12.3. The lowest BCUT2D eigenvalue weighted by molar-refractivity contribution is 0.488. The van der Waals surface area contributed by atoms with E-state index in [0.717, 1.165) is 18.2 Å². The van der Waals surface area contributed by atoms with Gasteiger partial charge in [-0.25, -0.2) is 0 Å². The molecule has 1 aromatic rings. The number of nitrogens with two attached hydrogens (primary N) is 1. The molecule has 0 amide bonds. The molecule has 0 saturated carbocycles. The predicted octanol–water partition coefficient (Wildman–Crippen LogP) is 3.38. The first-order valence-corrected chi connectivity index (χ1v) is 6.79. The van der Waals surface area contributed by atoms with Crippen LogP contribution in [0.5, 0.6) is 0 Å². The van der Waals surface area contributed by atoms with Gasteiger partial charge in [0.15, 0.2) is 0 Å². The smallest absolute Gasteiger partial charge is 0.0420 e. The summed E-state index contributed by atoms with van der Waals surface area (Å²) in [6.07, 6.45) is 3.71. The summed E-state index contributed by atoms with van der Waals surface area (Å²) in [5.41, 5.74) is 11.0. The molecule has 94 valence electrons. The number of hydrogen-bond donors (Lipinski definition) is 1. The molecule has 0 aliphatic carbocycles. The van der Waals surface area contributed by atoms with Crippen molar-refractivity contribution in [3.05, 3.63) is 23.3 Å². The monoisotopic (exact) mass is 232 g/mol. The third-order valence-electron chi connectivity index (χ3n) is 4.09. The molecular formula is C15H24N2. The second kappa shape index (κ2) is 4.99. The van der Waals surface area contributed by atoms with E-state index in [4.69, 9.17) is 5.73 Å². The highest BCUT2D eigenvalue weighted by molar-refractivity contribution is 5.67. The van der Waals surface area contributed by atoms with Crippen molar-refractivity contribution in [3.63, 3.8) is 0 Å². The molecular weight excluding hydrogens is 208 g/mol. The molecule has 1 heterocycles. The Hall–Kier alpha value is -1.18. The number of aryl methyl sites for hydroxylation is 1. The summed E-state index contributed by atoms with van der Waals surface area (Å²) < 4.78 is 0. The van der Waals surface area contributed by atoms with Crippen molar-refractivity contribution in [3.8, 4) is 0 Å². The maximum absolute atomic E-state index is 6.02. The molecule has 0 fully saturated rings. The van der Waals surface area contributed by atoms with Crippen molar-refractivity contribution in [2.75, 3.05) is 23.7 Å². The van der Waals surface area contributed by atoms with Gasteiger partial charge in [0.2, 0.25) is 0 Å². The van der Waals surface area contributed by atoms with Gasteiger partial charge in [-0.2, -0.15) is 0 Å². The molecule has 0 aromatic heterocycles. The van der Waals surface area contributed by atoms with E-state index < -0.39 is 0 Å². The SMILES string of the molecule is CCC(CC)CN1CCc2cc(C)c(N)cc21. The number of nitrogens with zero attached hydrogens (tertiary/aromatic N) is 1. The van der Waals surface area contributed by atoms with Crippen LogP contribution in [-0.2, 0) is 6.42 Å². The summed E-state index contributed by atoms with van der Waals surface area (Å²) in [6.45, 7) is 9.01. The Morgan fingerprint density at radius 1 is 1.29 bits per heavy atom. The summed E-state index contributed by atoms with van der Waals surface area (Å²) in [4.78, 5) is 2.52. The molecule has 1 aliphatic heterocycles. The van der Waals surface area contributed by atoms with Gasteiger partial charge in [0, 0.05) is 24.5 Å². The summed E-state index contributed by atoms with van der Waals surface area (Å²) in [5.74, 6) is 0.809. The maximum Gasteiger partial charge on any atom is 0.0420 e. The van der Waals surface area contributed by atoms with Crippen molar-refractivity contribution >= 4 is 11.4 Å². The summed E-state index contributed by atoms with van der Waals surface area (Å²) in [7, 11) is 0. The molecule has 2 heteroatoms. The molecule has 0 bridgehead atoms. The highest BCUT2D eigenvalue weighted by atomic mass is 15.1. The number of nitrogen functional groups attached to an aromatic ring is 1. The van der Waals surface area contributed by atoms with Crippen molar-refractivity contribution in [2.45, 2.75) is 40.0 Å². The van der Waals surface area contributed by atoms with Crippen LogP contribution in [0.1, 0.15) is 37.8 Å². The fourth-order valence-electron chi connectivity index (χ4n) is 2.69. The predicted molar refractivity (Wildman–Crippen MR) is 75.6 cm³/mol. The van der Waals surface area contributed by atoms with Crippen LogP contribution in [0.2, 0.25) is 0 Å². The average molecular weight is 232 g/mol. The van der Waals surface area contributed by atoms with Gasteiger partial charge in [0.25, 0.3) is 0 Å². The van der Waals surface area contributed by atoms with Gasteiger partial charge in [-0.05, 0) is 36.5 Å². The van der Waals surface area contributed by atoms with E-state index in [1.807, 2.05) is 0 Å². The van der Waals surface area contributed by atoms with Gasteiger partial charge in [0.1, 0.15) is 0 Å². The van der Waals surface area contributed by atoms with Crippen LogP contribution in [0.25, 0.3) is 0 Å². The molecule has 2 N–H and O–H groups in total. The van der Waals surface area contributed by atoms with Crippen LogP contribution < -0.4 is 10.6 Å². The van der Waals surface area contributed by atoms with Crippen LogP contribution in [0.4, 0.5) is 11.4 Å². The molecule has 0 unspecified atom stereocenters. The zero-order chi connectivity index (χ0) is 12.4. The molecule has 2 rings (SSSR count). The van der Waals surface area contributed by atoms with E-state index in [0.29, 0.717) is 0 Å². The number of hydrogen-bond acceptors (Lipinski definition) is 2. The zero-order valence-electron chi connectivity index (χ0n) is 11.3. The first-order valence-electron chi connectivity index (χ1n) is 6.79. The second-order valence-corrected chi connectivity index (χ2v) is 5.22. The second-order valence-electron chi connectivity index (χ2n) is 5.22. The normalized spacial score (nSPS) is 14.5. The van der Waals surface area contributed by atoms with Gasteiger partial charge >= 0.3 is 0 Å². The fraction of sp³-hybridized carbons (Fsp3) is 0.600. The van der Waals surface area contributed by atoms with Crippen molar-refractivity contribution in [1.82, 2.24) is 0 Å². The molecule has 2 nitrogen and oxygen atoms in total. The summed E-state index contributed by atoms with van der Waals surface area (Å²) >= 11 is 0. The topological polar surface area (TPSA) is 29.3 Å². The molecule has 0 radical (unpaired) electrons. The van der Waals surface area contributed by atoms with Crippen LogP contribution in [0.3, 0.4) is 0 Å². The van der Waals surface area contributed by atoms with Gasteiger partial charge in [-0.15, -0.1) is 0 Å². The standard InChI is InChI=1S/C15H24N2/c1-4-12(5-2)10-17-7-6-13-8-11(3)14(16)9-15(13)17/h8-9,12H,4-7,10,16H2,1-3H3. The van der Waals surface area contributed by atoms with Crippen LogP contribution in [0, 0.1) is 12.8 Å². The van der Waals surface area contributed by atoms with Crippen LogP contribution in [-0.4, -0.2) is 13.1 Å². The first-order chi connectivity index (χ1) is 8.15. The van der Waals surface area contributed by atoms with Crippen LogP contribution in [0.15, 0.2) is 12.1 Å². The third-order valence-corrected chi connectivity index (χ3v) is 4.09. The highest BCUT2D eigenvalue weighted by Crippen LogP contribution is 2.32. The Kier molecular flexibility index (Phi) is 3.60. The minimum atomic E-state index is 0.809. The highest BCUT2D eigenvalue weighted by Gasteiger charge is 2.21. The lowest BCUT2D eigenvalue weighted by Crippen LogP contribution is -2.27. The van der Waals surface area contributed by atoms with Gasteiger partial charge < -0.3 is 10.6 Å². The lowest BCUT2D eigenvalue weighted by Gasteiger charge is -2.25. The number of rotatable bonds is 4. The van der Waals surface area contributed by atoms with E-state index >= 15 is 0 Å². The Labute approximate surface area is 105 Å². The van der Waals surface area contributed by atoms with E-state index in [1.54, 1.807) is 0 Å². The van der Waals surface area contributed by atoms with Gasteiger partial charge in [-0.1, -0.05) is 32.8 Å². The maximum atomic E-state index is 6.02.